The molecule has 0 atom stereocenters. The van der Waals surface area contributed by atoms with E-state index >= 15 is 0 Å². The molecule has 0 fully saturated rings. The van der Waals surface area contributed by atoms with Crippen LogP contribution >= 0.6 is 0 Å². The number of rotatable bonds is 7. The summed E-state index contributed by atoms with van der Waals surface area (Å²) in [5.74, 6) is 1.85. The van der Waals surface area contributed by atoms with Gasteiger partial charge < -0.3 is 0 Å². The zero-order chi connectivity index (χ0) is 34.7. The van der Waals surface area contributed by atoms with Gasteiger partial charge in [-0.1, -0.05) is 146 Å². The third kappa shape index (κ3) is 6.35. The molecule has 0 saturated carbocycles. The molecular formula is C47H31N5. The van der Waals surface area contributed by atoms with Crippen LogP contribution in [0, 0.1) is 0 Å². The molecular weight excluding hydrogens is 635 g/mol. The fraction of sp³-hybridized carbons (Fsp3) is 0. The highest BCUT2D eigenvalue weighted by molar-refractivity contribution is 5.88. The van der Waals surface area contributed by atoms with Crippen molar-refractivity contribution in [3.8, 4) is 78.8 Å². The highest BCUT2D eigenvalue weighted by atomic mass is 15.0. The zero-order valence-corrected chi connectivity index (χ0v) is 28.1. The van der Waals surface area contributed by atoms with Gasteiger partial charge in [-0.15, -0.1) is 0 Å². The lowest BCUT2D eigenvalue weighted by atomic mass is 9.99. The number of aromatic nitrogens is 5. The Hall–Kier alpha value is -7.11. The molecule has 52 heavy (non-hydrogen) atoms. The van der Waals surface area contributed by atoms with E-state index in [1.54, 1.807) is 6.20 Å². The summed E-state index contributed by atoms with van der Waals surface area (Å²) in [5, 5.41) is 1.10. The molecule has 0 unspecified atom stereocenters. The Morgan fingerprint density at radius 3 is 1.46 bits per heavy atom. The molecule has 9 rings (SSSR count). The minimum atomic E-state index is 0.609. The third-order valence-electron chi connectivity index (χ3n) is 9.23. The van der Waals surface area contributed by atoms with Gasteiger partial charge >= 0.3 is 0 Å². The Morgan fingerprint density at radius 2 is 0.788 bits per heavy atom. The van der Waals surface area contributed by atoms with Gasteiger partial charge in [0.25, 0.3) is 0 Å². The van der Waals surface area contributed by atoms with Crippen LogP contribution < -0.4 is 0 Å². The number of nitrogens with zero attached hydrogens (tertiary/aromatic N) is 5. The fourth-order valence-corrected chi connectivity index (χ4v) is 6.46. The monoisotopic (exact) mass is 665 g/mol. The molecule has 3 heterocycles. The van der Waals surface area contributed by atoms with Gasteiger partial charge in [0, 0.05) is 45.6 Å². The van der Waals surface area contributed by atoms with Crippen LogP contribution in [0.15, 0.2) is 188 Å². The van der Waals surface area contributed by atoms with Crippen molar-refractivity contribution in [2.45, 2.75) is 0 Å². The molecule has 0 radical (unpaired) electrons. The molecule has 3 aromatic heterocycles. The van der Waals surface area contributed by atoms with Crippen molar-refractivity contribution < 1.29 is 0 Å². The summed E-state index contributed by atoms with van der Waals surface area (Å²) in [5.41, 5.74) is 12.4. The average Bonchev–Trinajstić information content (AvgIpc) is 3.24. The van der Waals surface area contributed by atoms with Crippen LogP contribution in [-0.4, -0.2) is 24.9 Å². The van der Waals surface area contributed by atoms with Gasteiger partial charge in [0.05, 0.1) is 11.2 Å². The Morgan fingerprint density at radius 1 is 0.288 bits per heavy atom. The van der Waals surface area contributed by atoms with E-state index in [2.05, 4.69) is 114 Å². The molecule has 6 aromatic carbocycles. The number of hydrogen-bond donors (Lipinski definition) is 0. The maximum absolute atomic E-state index is 4.98. The summed E-state index contributed by atoms with van der Waals surface area (Å²) < 4.78 is 0. The first-order chi connectivity index (χ1) is 25.7. The first kappa shape index (κ1) is 30.9. The van der Waals surface area contributed by atoms with E-state index in [1.807, 2.05) is 72.9 Å². The average molecular weight is 666 g/mol. The largest absolute Gasteiger partial charge is 0.256 e. The summed E-state index contributed by atoms with van der Waals surface area (Å²) in [6.45, 7) is 0. The predicted octanol–water partition coefficient (Wildman–Crippen LogP) is 11.5. The molecule has 5 nitrogen and oxygen atoms in total. The van der Waals surface area contributed by atoms with Crippen LogP contribution in [0.25, 0.3) is 89.7 Å². The minimum absolute atomic E-state index is 0.609. The number of fused-ring (bicyclic) bond motifs is 1. The summed E-state index contributed by atoms with van der Waals surface area (Å²) >= 11 is 0. The molecule has 0 aliphatic heterocycles. The van der Waals surface area contributed by atoms with E-state index in [1.165, 1.54) is 11.1 Å². The lowest BCUT2D eigenvalue weighted by molar-refractivity contribution is 1.07. The van der Waals surface area contributed by atoms with Gasteiger partial charge in [-0.2, -0.15) is 0 Å². The second-order valence-electron chi connectivity index (χ2n) is 12.6. The van der Waals surface area contributed by atoms with E-state index in [0.717, 1.165) is 61.1 Å². The van der Waals surface area contributed by atoms with Gasteiger partial charge in [-0.3, -0.25) is 9.97 Å². The first-order valence-corrected chi connectivity index (χ1v) is 17.2. The standard InChI is InChI=1S/C47H31N5/c1-3-10-32(11-4-1)33-17-19-35(20-18-33)42-29-40-26-25-38(30-44(40)49-31-42)34-21-23-37(24-22-34)46-50-45(36-12-5-2-6-13-36)51-47(52-46)41-15-9-14-39(28-41)43-16-7-8-27-48-43/h1-31H. The number of benzene rings is 6. The number of pyridine rings is 2. The molecule has 244 valence electrons. The van der Waals surface area contributed by atoms with Crippen LogP contribution in [0.3, 0.4) is 0 Å². The van der Waals surface area contributed by atoms with Gasteiger partial charge in [0.2, 0.25) is 0 Å². The normalized spacial score (nSPS) is 11.1. The van der Waals surface area contributed by atoms with E-state index in [0.29, 0.717) is 17.5 Å². The maximum Gasteiger partial charge on any atom is 0.164 e. The number of hydrogen-bond acceptors (Lipinski definition) is 5. The molecule has 0 aliphatic carbocycles. The highest BCUT2D eigenvalue weighted by Gasteiger charge is 2.14. The molecule has 0 bridgehead atoms. The first-order valence-electron chi connectivity index (χ1n) is 17.2. The fourth-order valence-electron chi connectivity index (χ4n) is 6.46. The molecule has 0 saturated heterocycles. The Balaban J connectivity index is 1.01. The minimum Gasteiger partial charge on any atom is -0.256 e. The van der Waals surface area contributed by atoms with E-state index < -0.39 is 0 Å². The Kier molecular flexibility index (Phi) is 8.12. The molecule has 0 aliphatic rings. The maximum atomic E-state index is 4.98. The van der Waals surface area contributed by atoms with Gasteiger partial charge in [0.1, 0.15) is 0 Å². The second kappa shape index (κ2) is 13.7. The summed E-state index contributed by atoms with van der Waals surface area (Å²) in [6.07, 6.45) is 3.76. The lowest BCUT2D eigenvalue weighted by Crippen LogP contribution is -2.00. The highest BCUT2D eigenvalue weighted by Crippen LogP contribution is 2.31. The second-order valence-corrected chi connectivity index (χ2v) is 12.6. The summed E-state index contributed by atoms with van der Waals surface area (Å²) in [7, 11) is 0. The topological polar surface area (TPSA) is 64.5 Å². The van der Waals surface area contributed by atoms with E-state index in [9.17, 15) is 0 Å². The summed E-state index contributed by atoms with van der Waals surface area (Å²) in [6, 6.07) is 60.3. The predicted molar refractivity (Wildman–Crippen MR) is 211 cm³/mol. The van der Waals surface area contributed by atoms with E-state index in [-0.39, 0.29) is 0 Å². The van der Waals surface area contributed by atoms with Crippen molar-refractivity contribution in [1.82, 2.24) is 24.9 Å². The SMILES string of the molecule is c1ccc(-c2ccc(-c3cnc4cc(-c5ccc(-c6nc(-c7ccccc7)nc(-c7cccc(-c8ccccn8)c7)n6)cc5)ccc4c3)cc2)cc1. The summed E-state index contributed by atoms with van der Waals surface area (Å²) in [4.78, 5) is 24.2. The van der Waals surface area contributed by atoms with Crippen molar-refractivity contribution in [1.29, 1.82) is 0 Å². The van der Waals surface area contributed by atoms with Crippen LogP contribution in [-0.2, 0) is 0 Å². The zero-order valence-electron chi connectivity index (χ0n) is 28.1. The Labute approximate surface area is 302 Å². The van der Waals surface area contributed by atoms with Crippen molar-refractivity contribution in [2.24, 2.45) is 0 Å². The van der Waals surface area contributed by atoms with Crippen molar-refractivity contribution in [3.63, 3.8) is 0 Å². The van der Waals surface area contributed by atoms with Crippen LogP contribution in [0.4, 0.5) is 0 Å². The quantitative estimate of drug-likeness (QED) is 0.169. The van der Waals surface area contributed by atoms with Gasteiger partial charge in [0.15, 0.2) is 17.5 Å². The molecule has 0 spiro atoms. The molecule has 5 heteroatoms. The molecule has 9 aromatic rings. The van der Waals surface area contributed by atoms with Gasteiger partial charge in [-0.25, -0.2) is 15.0 Å². The van der Waals surface area contributed by atoms with Gasteiger partial charge in [-0.05, 0) is 58.1 Å². The van der Waals surface area contributed by atoms with E-state index in [4.69, 9.17) is 19.9 Å². The van der Waals surface area contributed by atoms with Crippen molar-refractivity contribution in [2.75, 3.05) is 0 Å². The lowest BCUT2D eigenvalue weighted by Gasteiger charge is -2.10. The van der Waals surface area contributed by atoms with Crippen LogP contribution in [0.5, 0.6) is 0 Å². The van der Waals surface area contributed by atoms with Crippen molar-refractivity contribution >= 4 is 10.9 Å². The smallest absolute Gasteiger partial charge is 0.164 e. The molecule has 0 N–H and O–H groups in total. The van der Waals surface area contributed by atoms with Crippen molar-refractivity contribution in [3.05, 3.63) is 188 Å². The van der Waals surface area contributed by atoms with Crippen LogP contribution in [0.1, 0.15) is 0 Å². The van der Waals surface area contributed by atoms with Crippen LogP contribution in [0.2, 0.25) is 0 Å². The third-order valence-corrected chi connectivity index (χ3v) is 9.23. The molecule has 0 amide bonds. The Bertz CT molecular complexity index is 2640.